The SMILES string of the molecule is CC(C)[C@@H](NC(=O)OCc1ccccc1)C(=O)N[C@H](CCC#N)C(=O)O. The fraction of sp³-hybridized carbons (Fsp3) is 0.444. The van der Waals surface area contributed by atoms with Gasteiger partial charge in [-0.2, -0.15) is 5.26 Å². The molecule has 0 radical (unpaired) electrons. The lowest BCUT2D eigenvalue weighted by atomic mass is 10.0. The molecule has 0 saturated heterocycles. The lowest BCUT2D eigenvalue weighted by Crippen LogP contribution is -2.53. The molecule has 0 aliphatic carbocycles. The van der Waals surface area contributed by atoms with Gasteiger partial charge in [0.15, 0.2) is 0 Å². The Kier molecular flexibility index (Phi) is 8.64. The first-order chi connectivity index (χ1) is 12.3. The van der Waals surface area contributed by atoms with Crippen LogP contribution in [0.3, 0.4) is 0 Å². The number of hydrogen-bond donors (Lipinski definition) is 3. The highest BCUT2D eigenvalue weighted by Crippen LogP contribution is 2.06. The predicted molar refractivity (Wildman–Crippen MR) is 92.8 cm³/mol. The number of benzene rings is 1. The van der Waals surface area contributed by atoms with Crippen LogP contribution in [0.4, 0.5) is 4.79 Å². The van der Waals surface area contributed by atoms with Crippen molar-refractivity contribution in [3.05, 3.63) is 35.9 Å². The molecule has 8 heteroatoms. The number of alkyl carbamates (subject to hydrolysis) is 1. The number of nitrogens with one attached hydrogen (secondary N) is 2. The zero-order chi connectivity index (χ0) is 19.5. The second-order valence-corrected chi connectivity index (χ2v) is 6.02. The van der Waals surface area contributed by atoms with Crippen molar-refractivity contribution in [2.75, 3.05) is 0 Å². The maximum Gasteiger partial charge on any atom is 0.408 e. The number of ether oxygens (including phenoxy) is 1. The minimum Gasteiger partial charge on any atom is -0.480 e. The maximum atomic E-state index is 12.3. The summed E-state index contributed by atoms with van der Waals surface area (Å²) in [5.41, 5.74) is 0.802. The monoisotopic (exact) mass is 361 g/mol. The molecule has 0 aromatic heterocycles. The average molecular weight is 361 g/mol. The van der Waals surface area contributed by atoms with Crippen molar-refractivity contribution >= 4 is 18.0 Å². The van der Waals surface area contributed by atoms with Gasteiger partial charge in [0.2, 0.25) is 5.91 Å². The van der Waals surface area contributed by atoms with E-state index in [4.69, 9.17) is 15.1 Å². The van der Waals surface area contributed by atoms with Crippen LogP contribution in [0.5, 0.6) is 0 Å². The molecule has 8 nitrogen and oxygen atoms in total. The van der Waals surface area contributed by atoms with Crippen LogP contribution in [-0.4, -0.2) is 35.2 Å². The van der Waals surface area contributed by atoms with E-state index in [9.17, 15) is 14.4 Å². The summed E-state index contributed by atoms with van der Waals surface area (Å²) in [5, 5.41) is 22.5. The van der Waals surface area contributed by atoms with E-state index in [1.807, 2.05) is 24.3 Å². The van der Waals surface area contributed by atoms with Gasteiger partial charge < -0.3 is 20.5 Å². The highest BCUT2D eigenvalue weighted by Gasteiger charge is 2.28. The van der Waals surface area contributed by atoms with E-state index < -0.39 is 30.1 Å². The van der Waals surface area contributed by atoms with Crippen LogP contribution < -0.4 is 10.6 Å². The Bertz CT molecular complexity index is 655. The first kappa shape index (κ1) is 21.0. The number of carboxylic acid groups (broad SMARTS) is 1. The van der Waals surface area contributed by atoms with Crippen LogP contribution in [0.25, 0.3) is 0 Å². The second kappa shape index (κ2) is 10.7. The number of nitrogens with zero attached hydrogens (tertiary/aromatic N) is 1. The van der Waals surface area contributed by atoms with Gasteiger partial charge in [0.25, 0.3) is 0 Å². The van der Waals surface area contributed by atoms with E-state index in [1.165, 1.54) is 0 Å². The summed E-state index contributed by atoms with van der Waals surface area (Å²) in [6.45, 7) is 3.48. The van der Waals surface area contributed by atoms with Gasteiger partial charge in [-0.15, -0.1) is 0 Å². The van der Waals surface area contributed by atoms with Crippen LogP contribution in [0.1, 0.15) is 32.3 Å². The number of carbonyl (C=O) groups excluding carboxylic acids is 2. The molecular formula is C18H23N3O5. The van der Waals surface area contributed by atoms with Crippen LogP contribution in [0.2, 0.25) is 0 Å². The molecule has 0 saturated carbocycles. The third-order valence-electron chi connectivity index (χ3n) is 3.59. The number of rotatable bonds is 9. The predicted octanol–water partition coefficient (Wildman–Crippen LogP) is 1.81. The summed E-state index contributed by atoms with van der Waals surface area (Å²) in [4.78, 5) is 35.5. The molecule has 0 spiro atoms. The van der Waals surface area contributed by atoms with Crippen molar-refractivity contribution in [1.29, 1.82) is 5.26 Å². The van der Waals surface area contributed by atoms with Gasteiger partial charge in [-0.1, -0.05) is 44.2 Å². The third-order valence-corrected chi connectivity index (χ3v) is 3.59. The molecule has 2 amide bonds. The molecule has 2 atom stereocenters. The van der Waals surface area contributed by atoms with Crippen molar-refractivity contribution in [3.63, 3.8) is 0 Å². The number of carbonyl (C=O) groups is 3. The van der Waals surface area contributed by atoms with Gasteiger partial charge in [0.05, 0.1) is 6.07 Å². The number of nitriles is 1. The molecule has 1 aromatic carbocycles. The van der Waals surface area contributed by atoms with Crippen LogP contribution in [0, 0.1) is 17.2 Å². The minimum atomic E-state index is -1.23. The van der Waals surface area contributed by atoms with Crippen molar-refractivity contribution < 1.29 is 24.2 Å². The van der Waals surface area contributed by atoms with Crippen LogP contribution >= 0.6 is 0 Å². The van der Waals surface area contributed by atoms with Crippen molar-refractivity contribution in [2.45, 2.75) is 45.4 Å². The lowest BCUT2D eigenvalue weighted by molar-refractivity contribution is -0.142. The standard InChI is InChI=1S/C18H23N3O5/c1-12(2)15(16(22)20-14(17(23)24)9-6-10-19)21-18(25)26-11-13-7-4-3-5-8-13/h3-5,7-8,12,14-15H,6,9,11H2,1-2H3,(H,20,22)(H,21,25)(H,23,24)/t14-,15-/m1/s1. The highest BCUT2D eigenvalue weighted by molar-refractivity contribution is 5.89. The molecule has 0 bridgehead atoms. The van der Waals surface area contributed by atoms with Gasteiger partial charge in [0.1, 0.15) is 18.7 Å². The summed E-state index contributed by atoms with van der Waals surface area (Å²) in [6, 6.07) is 8.76. The zero-order valence-electron chi connectivity index (χ0n) is 14.8. The van der Waals surface area contributed by atoms with Gasteiger partial charge in [-0.3, -0.25) is 4.79 Å². The Labute approximate surface area is 152 Å². The average Bonchev–Trinajstić information content (AvgIpc) is 2.61. The summed E-state index contributed by atoms with van der Waals surface area (Å²) in [6.07, 6.45) is -0.789. The fourth-order valence-corrected chi connectivity index (χ4v) is 2.15. The molecule has 3 N–H and O–H groups in total. The van der Waals surface area contributed by atoms with Gasteiger partial charge in [0, 0.05) is 6.42 Å². The van der Waals surface area contributed by atoms with Gasteiger partial charge in [-0.05, 0) is 17.9 Å². The smallest absolute Gasteiger partial charge is 0.408 e. The zero-order valence-corrected chi connectivity index (χ0v) is 14.8. The molecule has 0 aliphatic rings. The van der Waals surface area contributed by atoms with Crippen LogP contribution in [-0.2, 0) is 20.9 Å². The number of amides is 2. The topological polar surface area (TPSA) is 129 Å². The van der Waals surface area contributed by atoms with Crippen molar-refractivity contribution in [1.82, 2.24) is 10.6 Å². The Morgan fingerprint density at radius 1 is 1.19 bits per heavy atom. The first-order valence-corrected chi connectivity index (χ1v) is 8.22. The second-order valence-electron chi connectivity index (χ2n) is 6.02. The third kappa shape index (κ3) is 7.21. The molecule has 0 aliphatic heterocycles. The van der Waals surface area contributed by atoms with Crippen LogP contribution in [0.15, 0.2) is 30.3 Å². The Balaban J connectivity index is 2.63. The van der Waals surface area contributed by atoms with Crippen molar-refractivity contribution in [3.8, 4) is 6.07 Å². The summed E-state index contributed by atoms with van der Waals surface area (Å²) in [5.74, 6) is -2.16. The number of carboxylic acids is 1. The van der Waals surface area contributed by atoms with E-state index in [0.717, 1.165) is 5.56 Å². The Morgan fingerprint density at radius 2 is 1.85 bits per heavy atom. The molecule has 0 fully saturated rings. The molecule has 26 heavy (non-hydrogen) atoms. The first-order valence-electron chi connectivity index (χ1n) is 8.22. The summed E-state index contributed by atoms with van der Waals surface area (Å²) in [7, 11) is 0. The van der Waals surface area contributed by atoms with Gasteiger partial charge >= 0.3 is 12.1 Å². The lowest BCUT2D eigenvalue weighted by Gasteiger charge is -2.23. The normalized spacial score (nSPS) is 12.5. The molecule has 1 aromatic rings. The largest absolute Gasteiger partial charge is 0.480 e. The maximum absolute atomic E-state index is 12.3. The van der Waals surface area contributed by atoms with Gasteiger partial charge in [-0.25, -0.2) is 9.59 Å². The molecule has 0 heterocycles. The van der Waals surface area contributed by atoms with E-state index in [1.54, 1.807) is 26.0 Å². The summed E-state index contributed by atoms with van der Waals surface area (Å²) >= 11 is 0. The number of hydrogen-bond acceptors (Lipinski definition) is 5. The minimum absolute atomic E-state index is 0.00383. The molecule has 140 valence electrons. The highest BCUT2D eigenvalue weighted by atomic mass is 16.5. The Hall–Kier alpha value is -3.08. The van der Waals surface area contributed by atoms with E-state index >= 15 is 0 Å². The van der Waals surface area contributed by atoms with E-state index in [0.29, 0.717) is 0 Å². The molecule has 0 unspecified atom stereocenters. The van der Waals surface area contributed by atoms with Crippen molar-refractivity contribution in [2.24, 2.45) is 5.92 Å². The molecular weight excluding hydrogens is 338 g/mol. The van der Waals surface area contributed by atoms with E-state index in [2.05, 4.69) is 10.6 Å². The molecule has 1 rings (SSSR count). The van der Waals surface area contributed by atoms with E-state index in [-0.39, 0.29) is 25.4 Å². The quantitative estimate of drug-likeness (QED) is 0.615. The summed E-state index contributed by atoms with van der Waals surface area (Å²) < 4.78 is 5.09. The number of aliphatic carboxylic acids is 1. The Morgan fingerprint density at radius 3 is 2.38 bits per heavy atom. The fourth-order valence-electron chi connectivity index (χ4n) is 2.15.